The Hall–Kier alpha value is -1.17. The van der Waals surface area contributed by atoms with Gasteiger partial charge in [0, 0.05) is 24.0 Å². The summed E-state index contributed by atoms with van der Waals surface area (Å²) < 4.78 is 4.27. The molecule has 1 fully saturated rings. The lowest BCUT2D eigenvalue weighted by molar-refractivity contribution is -0.124. The average Bonchev–Trinajstić information content (AvgIpc) is 2.72. The minimum atomic E-state index is -0.184. The third-order valence-electron chi connectivity index (χ3n) is 2.99. The average molecular weight is 254 g/mol. The van der Waals surface area contributed by atoms with Crippen molar-refractivity contribution < 1.29 is 4.79 Å². The molecule has 2 N–H and O–H groups in total. The number of carbonyl (C=O) groups excluding carboxylic acids is 1. The molecule has 1 aliphatic heterocycles. The van der Waals surface area contributed by atoms with Crippen LogP contribution in [0.5, 0.6) is 0 Å². The fourth-order valence-corrected chi connectivity index (χ4v) is 2.57. The molecule has 2 atom stereocenters. The highest BCUT2D eigenvalue weighted by Gasteiger charge is 2.29. The summed E-state index contributed by atoms with van der Waals surface area (Å²) in [6.07, 6.45) is 0.999. The van der Waals surface area contributed by atoms with Crippen molar-refractivity contribution >= 4 is 22.6 Å². The van der Waals surface area contributed by atoms with Crippen LogP contribution in [0.3, 0.4) is 0 Å². The van der Waals surface area contributed by atoms with Crippen LogP contribution >= 0.6 is 11.5 Å². The third-order valence-corrected chi connectivity index (χ3v) is 3.65. The minimum Gasteiger partial charge on any atom is -0.354 e. The SMILES string of the molecule is CC(C)c1nsc(N[C@@H]2C(=O)NCC[C@@H]2C)n1. The molecule has 0 bridgehead atoms. The predicted molar refractivity (Wildman–Crippen MR) is 68.2 cm³/mol. The van der Waals surface area contributed by atoms with Gasteiger partial charge in [-0.15, -0.1) is 0 Å². The zero-order chi connectivity index (χ0) is 12.4. The first-order chi connectivity index (χ1) is 8.08. The van der Waals surface area contributed by atoms with E-state index in [0.29, 0.717) is 11.8 Å². The van der Waals surface area contributed by atoms with Gasteiger partial charge in [-0.1, -0.05) is 20.8 Å². The van der Waals surface area contributed by atoms with Crippen LogP contribution in [0, 0.1) is 5.92 Å². The molecule has 94 valence electrons. The molecule has 1 aliphatic rings. The van der Waals surface area contributed by atoms with Crippen molar-refractivity contribution in [2.24, 2.45) is 5.92 Å². The van der Waals surface area contributed by atoms with Gasteiger partial charge in [0.25, 0.3) is 0 Å². The van der Waals surface area contributed by atoms with Crippen LogP contribution in [-0.2, 0) is 4.79 Å². The van der Waals surface area contributed by atoms with Gasteiger partial charge in [0.1, 0.15) is 11.9 Å². The molecule has 1 amide bonds. The van der Waals surface area contributed by atoms with Crippen LogP contribution in [0.2, 0.25) is 0 Å². The van der Waals surface area contributed by atoms with E-state index in [0.717, 1.165) is 23.9 Å². The molecule has 5 nitrogen and oxygen atoms in total. The lowest BCUT2D eigenvalue weighted by Crippen LogP contribution is -2.49. The van der Waals surface area contributed by atoms with Gasteiger partial charge in [-0.05, 0) is 12.3 Å². The van der Waals surface area contributed by atoms with Crippen molar-refractivity contribution in [2.45, 2.75) is 39.2 Å². The molecule has 1 saturated heterocycles. The summed E-state index contributed by atoms with van der Waals surface area (Å²) in [7, 11) is 0. The van der Waals surface area contributed by atoms with Crippen LogP contribution < -0.4 is 10.6 Å². The Bertz CT molecular complexity index is 404. The molecule has 0 saturated carbocycles. The maximum absolute atomic E-state index is 11.7. The van der Waals surface area contributed by atoms with Crippen molar-refractivity contribution in [3.8, 4) is 0 Å². The van der Waals surface area contributed by atoms with Gasteiger partial charge in [-0.25, -0.2) is 4.98 Å². The first-order valence-corrected chi connectivity index (χ1v) is 6.73. The second kappa shape index (κ2) is 5.00. The van der Waals surface area contributed by atoms with E-state index >= 15 is 0 Å². The van der Waals surface area contributed by atoms with Gasteiger partial charge in [0.15, 0.2) is 0 Å². The predicted octanol–water partition coefficient (Wildman–Crippen LogP) is 1.60. The first-order valence-electron chi connectivity index (χ1n) is 5.95. The molecular formula is C11H18N4OS. The van der Waals surface area contributed by atoms with E-state index in [4.69, 9.17) is 0 Å². The monoisotopic (exact) mass is 254 g/mol. The molecule has 1 aromatic rings. The van der Waals surface area contributed by atoms with E-state index in [1.165, 1.54) is 11.5 Å². The van der Waals surface area contributed by atoms with Gasteiger partial charge < -0.3 is 10.6 Å². The Morgan fingerprint density at radius 3 is 2.88 bits per heavy atom. The molecule has 17 heavy (non-hydrogen) atoms. The highest BCUT2D eigenvalue weighted by atomic mass is 32.1. The molecule has 1 aromatic heterocycles. The minimum absolute atomic E-state index is 0.0602. The number of anilines is 1. The summed E-state index contributed by atoms with van der Waals surface area (Å²) in [6.45, 7) is 6.97. The number of piperidine rings is 1. The van der Waals surface area contributed by atoms with Crippen molar-refractivity contribution in [2.75, 3.05) is 11.9 Å². The maximum Gasteiger partial charge on any atom is 0.242 e. The van der Waals surface area contributed by atoms with Crippen LogP contribution in [0.4, 0.5) is 5.13 Å². The first kappa shape index (κ1) is 12.3. The van der Waals surface area contributed by atoms with Gasteiger partial charge in [-0.3, -0.25) is 4.79 Å². The topological polar surface area (TPSA) is 66.9 Å². The van der Waals surface area contributed by atoms with Crippen molar-refractivity contribution in [1.29, 1.82) is 0 Å². The molecule has 0 unspecified atom stereocenters. The number of aromatic nitrogens is 2. The summed E-state index contributed by atoms with van der Waals surface area (Å²) in [5, 5.41) is 6.79. The number of amides is 1. The highest BCUT2D eigenvalue weighted by molar-refractivity contribution is 7.09. The quantitative estimate of drug-likeness (QED) is 0.859. The summed E-state index contributed by atoms with van der Waals surface area (Å²) >= 11 is 1.32. The van der Waals surface area contributed by atoms with E-state index < -0.39 is 0 Å². The zero-order valence-electron chi connectivity index (χ0n) is 10.4. The van der Waals surface area contributed by atoms with Crippen LogP contribution in [-0.4, -0.2) is 27.9 Å². The number of hydrogen-bond donors (Lipinski definition) is 2. The van der Waals surface area contributed by atoms with Crippen LogP contribution in [0.15, 0.2) is 0 Å². The molecule has 0 aliphatic carbocycles. The smallest absolute Gasteiger partial charge is 0.242 e. The van der Waals surface area contributed by atoms with E-state index in [1.807, 2.05) is 0 Å². The van der Waals surface area contributed by atoms with E-state index in [2.05, 4.69) is 40.8 Å². The third kappa shape index (κ3) is 2.74. The molecule has 0 spiro atoms. The number of hydrogen-bond acceptors (Lipinski definition) is 5. The Kier molecular flexibility index (Phi) is 3.61. The molecule has 2 rings (SSSR count). The second-order valence-electron chi connectivity index (χ2n) is 4.79. The zero-order valence-corrected chi connectivity index (χ0v) is 11.2. The maximum atomic E-state index is 11.7. The van der Waals surface area contributed by atoms with Crippen molar-refractivity contribution in [1.82, 2.24) is 14.7 Å². The van der Waals surface area contributed by atoms with Gasteiger partial charge >= 0.3 is 0 Å². The fraction of sp³-hybridized carbons (Fsp3) is 0.727. The number of nitrogens with zero attached hydrogens (tertiary/aromatic N) is 2. The lowest BCUT2D eigenvalue weighted by atomic mass is 9.94. The second-order valence-corrected chi connectivity index (χ2v) is 5.54. The summed E-state index contributed by atoms with van der Waals surface area (Å²) in [4.78, 5) is 16.1. The Morgan fingerprint density at radius 1 is 1.53 bits per heavy atom. The van der Waals surface area contributed by atoms with Gasteiger partial charge in [0.05, 0.1) is 0 Å². The van der Waals surface area contributed by atoms with Gasteiger partial charge in [-0.2, -0.15) is 4.37 Å². The molecule has 0 radical (unpaired) electrons. The summed E-state index contributed by atoms with van der Waals surface area (Å²) in [6, 6.07) is -0.184. The number of carbonyl (C=O) groups is 1. The Morgan fingerprint density at radius 2 is 2.29 bits per heavy atom. The molecule has 2 heterocycles. The summed E-state index contributed by atoms with van der Waals surface area (Å²) in [5.41, 5.74) is 0. The summed E-state index contributed by atoms with van der Waals surface area (Å²) in [5.74, 6) is 1.54. The van der Waals surface area contributed by atoms with E-state index in [1.54, 1.807) is 0 Å². The number of rotatable bonds is 3. The molecule has 6 heteroatoms. The van der Waals surface area contributed by atoms with Crippen molar-refractivity contribution in [3.05, 3.63) is 5.82 Å². The molecule has 0 aromatic carbocycles. The Balaban J connectivity index is 2.05. The fourth-order valence-electron chi connectivity index (χ4n) is 1.83. The lowest BCUT2D eigenvalue weighted by Gasteiger charge is -2.28. The normalized spacial score (nSPS) is 24.8. The number of nitrogens with one attached hydrogen (secondary N) is 2. The van der Waals surface area contributed by atoms with E-state index in [-0.39, 0.29) is 11.9 Å². The highest BCUT2D eigenvalue weighted by Crippen LogP contribution is 2.21. The van der Waals surface area contributed by atoms with E-state index in [9.17, 15) is 4.79 Å². The van der Waals surface area contributed by atoms with Gasteiger partial charge in [0.2, 0.25) is 11.0 Å². The Labute approximate surface area is 105 Å². The largest absolute Gasteiger partial charge is 0.354 e. The van der Waals surface area contributed by atoms with Crippen molar-refractivity contribution in [3.63, 3.8) is 0 Å². The van der Waals surface area contributed by atoms with Crippen LogP contribution in [0.25, 0.3) is 0 Å². The van der Waals surface area contributed by atoms with Crippen LogP contribution in [0.1, 0.15) is 38.9 Å². The molecular weight excluding hydrogens is 236 g/mol. The standard InChI is InChI=1S/C11H18N4OS/c1-6(2)9-14-11(17-15-9)13-8-7(3)4-5-12-10(8)16/h6-8H,4-5H2,1-3H3,(H,12,16)(H,13,14,15)/t7-,8-/m0/s1.